The van der Waals surface area contributed by atoms with Gasteiger partial charge in [-0.25, -0.2) is 17.2 Å². The van der Waals surface area contributed by atoms with Crippen molar-refractivity contribution in [2.45, 2.75) is 29.7 Å². The van der Waals surface area contributed by atoms with E-state index in [1.165, 1.54) is 12.1 Å². The molecule has 0 bridgehead atoms. The molecule has 106 valence electrons. The summed E-state index contributed by atoms with van der Waals surface area (Å²) in [6.07, 6.45) is 0.920. The number of halogens is 2. The van der Waals surface area contributed by atoms with Crippen LogP contribution in [0.15, 0.2) is 29.2 Å². The van der Waals surface area contributed by atoms with Crippen LogP contribution in [0.25, 0.3) is 0 Å². The highest BCUT2D eigenvalue weighted by atomic mass is 32.2. The predicted molar refractivity (Wildman–Crippen MR) is 68.7 cm³/mol. The van der Waals surface area contributed by atoms with Gasteiger partial charge in [-0.1, -0.05) is 6.07 Å². The first kappa shape index (κ1) is 14.4. The summed E-state index contributed by atoms with van der Waals surface area (Å²) in [4.78, 5) is -0.295. The standard InChI is InChI=1S/C13H17F2NO2S/c1-13(15,10-5-7-16-8-6-10)19(17,18)12-4-2-3-11(14)9-12/h2-4,9-10,16H,5-8H2,1H3. The normalized spacial score (nSPS) is 21.0. The SMILES string of the molecule is CC(F)(C1CCNCC1)S(=O)(=O)c1cccc(F)c1. The zero-order valence-electron chi connectivity index (χ0n) is 10.7. The molecule has 0 spiro atoms. The first-order valence-corrected chi connectivity index (χ1v) is 7.74. The number of piperidine rings is 1. The van der Waals surface area contributed by atoms with E-state index in [2.05, 4.69) is 5.32 Å². The molecule has 1 unspecified atom stereocenters. The zero-order chi connectivity index (χ0) is 14.1. The van der Waals surface area contributed by atoms with E-state index < -0.39 is 26.6 Å². The fourth-order valence-electron chi connectivity index (χ4n) is 2.42. The fraction of sp³-hybridized carbons (Fsp3) is 0.538. The summed E-state index contributed by atoms with van der Waals surface area (Å²) in [7, 11) is -4.20. The summed E-state index contributed by atoms with van der Waals surface area (Å²) in [5, 5.41) is 0.694. The van der Waals surface area contributed by atoms with Crippen LogP contribution in [0, 0.1) is 11.7 Å². The van der Waals surface area contributed by atoms with Crippen molar-refractivity contribution in [2.24, 2.45) is 5.92 Å². The van der Waals surface area contributed by atoms with E-state index in [4.69, 9.17) is 0 Å². The van der Waals surface area contributed by atoms with E-state index in [0.29, 0.717) is 25.9 Å². The Bertz CT molecular complexity index is 552. The fourth-order valence-corrected chi connectivity index (χ4v) is 4.08. The van der Waals surface area contributed by atoms with Gasteiger partial charge < -0.3 is 5.32 Å². The Balaban J connectivity index is 2.37. The summed E-state index contributed by atoms with van der Waals surface area (Å²) in [5.41, 5.74) is 0. The lowest BCUT2D eigenvalue weighted by atomic mass is 9.93. The Morgan fingerprint density at radius 3 is 2.53 bits per heavy atom. The third kappa shape index (κ3) is 2.65. The second-order valence-corrected chi connectivity index (χ2v) is 7.25. The van der Waals surface area contributed by atoms with E-state index >= 15 is 0 Å². The van der Waals surface area contributed by atoms with Crippen LogP contribution in [0.4, 0.5) is 8.78 Å². The molecule has 1 atom stereocenters. The average molecular weight is 289 g/mol. The van der Waals surface area contributed by atoms with Gasteiger partial charge in [-0.05, 0) is 51.1 Å². The Labute approximate surface area is 111 Å². The van der Waals surface area contributed by atoms with Crippen molar-refractivity contribution in [3.63, 3.8) is 0 Å². The maximum absolute atomic E-state index is 14.8. The average Bonchev–Trinajstić information content (AvgIpc) is 2.39. The van der Waals surface area contributed by atoms with Crippen molar-refractivity contribution in [2.75, 3.05) is 13.1 Å². The third-order valence-electron chi connectivity index (χ3n) is 3.70. The minimum absolute atomic E-state index is 0.295. The molecule has 3 nitrogen and oxygen atoms in total. The lowest BCUT2D eigenvalue weighted by molar-refractivity contribution is 0.159. The van der Waals surface area contributed by atoms with Crippen molar-refractivity contribution in [3.05, 3.63) is 30.1 Å². The van der Waals surface area contributed by atoms with Crippen LogP contribution in [0.5, 0.6) is 0 Å². The van der Waals surface area contributed by atoms with Crippen molar-refractivity contribution in [1.29, 1.82) is 0 Å². The van der Waals surface area contributed by atoms with Crippen LogP contribution < -0.4 is 5.32 Å². The summed E-state index contributed by atoms with van der Waals surface area (Å²) in [6, 6.07) is 4.52. The molecule has 1 aliphatic rings. The minimum atomic E-state index is -4.20. The molecule has 0 amide bonds. The zero-order valence-corrected chi connectivity index (χ0v) is 11.5. The Kier molecular flexibility index (Phi) is 3.92. The van der Waals surface area contributed by atoms with Gasteiger partial charge in [0.1, 0.15) is 5.82 Å². The molecule has 2 rings (SSSR count). The van der Waals surface area contributed by atoms with Gasteiger partial charge >= 0.3 is 0 Å². The van der Waals surface area contributed by atoms with Crippen molar-refractivity contribution in [1.82, 2.24) is 5.32 Å². The number of alkyl halides is 1. The lowest BCUT2D eigenvalue weighted by Gasteiger charge is -2.33. The summed E-state index contributed by atoms with van der Waals surface area (Å²) in [6.45, 7) is 2.29. The minimum Gasteiger partial charge on any atom is -0.317 e. The Morgan fingerprint density at radius 2 is 1.95 bits per heavy atom. The van der Waals surface area contributed by atoms with Gasteiger partial charge in [-0.15, -0.1) is 0 Å². The van der Waals surface area contributed by atoms with Gasteiger partial charge in [0.2, 0.25) is 14.8 Å². The lowest BCUT2D eigenvalue weighted by Crippen LogP contribution is -2.44. The molecule has 0 saturated carbocycles. The van der Waals surface area contributed by atoms with Crippen molar-refractivity contribution in [3.8, 4) is 0 Å². The molecule has 1 aromatic carbocycles. The molecule has 0 aromatic heterocycles. The molecule has 1 fully saturated rings. The van der Waals surface area contributed by atoms with E-state index in [9.17, 15) is 17.2 Å². The highest BCUT2D eigenvalue weighted by molar-refractivity contribution is 7.92. The molecular weight excluding hydrogens is 272 g/mol. The molecule has 0 aliphatic carbocycles. The van der Waals surface area contributed by atoms with Crippen molar-refractivity contribution < 1.29 is 17.2 Å². The van der Waals surface area contributed by atoms with Crippen LogP contribution in [0.1, 0.15) is 19.8 Å². The molecule has 1 saturated heterocycles. The van der Waals surface area contributed by atoms with E-state index in [0.717, 1.165) is 19.1 Å². The second-order valence-electron chi connectivity index (χ2n) is 4.97. The predicted octanol–water partition coefficient (Wildman–Crippen LogP) is 2.28. The largest absolute Gasteiger partial charge is 0.317 e. The number of sulfone groups is 1. The first-order valence-electron chi connectivity index (χ1n) is 6.25. The van der Waals surface area contributed by atoms with Crippen LogP contribution in [-0.4, -0.2) is 26.5 Å². The molecule has 19 heavy (non-hydrogen) atoms. The Morgan fingerprint density at radius 1 is 1.32 bits per heavy atom. The molecule has 0 radical (unpaired) electrons. The maximum Gasteiger partial charge on any atom is 0.215 e. The highest BCUT2D eigenvalue weighted by Gasteiger charge is 2.47. The smallest absolute Gasteiger partial charge is 0.215 e. The van der Waals surface area contributed by atoms with Gasteiger partial charge in [-0.2, -0.15) is 0 Å². The molecule has 1 heterocycles. The number of nitrogens with one attached hydrogen (secondary N) is 1. The van der Waals surface area contributed by atoms with E-state index in [1.54, 1.807) is 0 Å². The molecule has 1 aromatic rings. The number of hydrogen-bond acceptors (Lipinski definition) is 3. The van der Waals surface area contributed by atoms with Gasteiger partial charge in [-0.3, -0.25) is 0 Å². The van der Waals surface area contributed by atoms with Gasteiger partial charge in [0, 0.05) is 5.92 Å². The van der Waals surface area contributed by atoms with Gasteiger partial charge in [0.25, 0.3) is 0 Å². The second kappa shape index (κ2) is 5.17. The van der Waals surface area contributed by atoms with Crippen LogP contribution >= 0.6 is 0 Å². The van der Waals surface area contributed by atoms with E-state index in [1.807, 2.05) is 0 Å². The van der Waals surface area contributed by atoms with Crippen LogP contribution in [0.3, 0.4) is 0 Å². The molecular formula is C13H17F2NO2S. The molecule has 1 aliphatic heterocycles. The number of hydrogen-bond donors (Lipinski definition) is 1. The first-order chi connectivity index (χ1) is 8.85. The Hall–Kier alpha value is -1.01. The molecule has 1 N–H and O–H groups in total. The number of benzene rings is 1. The monoisotopic (exact) mass is 289 g/mol. The van der Waals surface area contributed by atoms with E-state index in [-0.39, 0.29) is 4.90 Å². The summed E-state index contributed by atoms with van der Waals surface area (Å²) < 4.78 is 52.7. The highest BCUT2D eigenvalue weighted by Crippen LogP contribution is 2.38. The van der Waals surface area contributed by atoms with Gasteiger partial charge in [0.15, 0.2) is 0 Å². The van der Waals surface area contributed by atoms with Crippen molar-refractivity contribution >= 4 is 9.84 Å². The maximum atomic E-state index is 14.8. The van der Waals surface area contributed by atoms with Crippen LogP contribution in [0.2, 0.25) is 0 Å². The summed E-state index contributed by atoms with van der Waals surface area (Å²) >= 11 is 0. The summed E-state index contributed by atoms with van der Waals surface area (Å²) in [5.74, 6) is -1.25. The number of rotatable bonds is 3. The van der Waals surface area contributed by atoms with Crippen LogP contribution in [-0.2, 0) is 9.84 Å². The molecule has 6 heteroatoms. The van der Waals surface area contributed by atoms with Gasteiger partial charge in [0.05, 0.1) is 4.90 Å². The third-order valence-corrected chi connectivity index (χ3v) is 5.96. The quantitative estimate of drug-likeness (QED) is 0.928. The topological polar surface area (TPSA) is 46.2 Å².